The van der Waals surface area contributed by atoms with Gasteiger partial charge in [0.1, 0.15) is 0 Å². The van der Waals surface area contributed by atoms with Gasteiger partial charge in [-0.15, -0.1) is 0 Å². The van der Waals surface area contributed by atoms with Gasteiger partial charge in [0.25, 0.3) is 5.91 Å². The van der Waals surface area contributed by atoms with Gasteiger partial charge in [-0.25, -0.2) is 4.79 Å². The number of carbonyl (C=O) groups excluding carboxylic acids is 2. The highest BCUT2D eigenvalue weighted by molar-refractivity contribution is 9.09. The minimum Gasteiger partial charge on any atom is -0.495 e. The number of ether oxygens (including phenoxy) is 2. The number of hydrogen-bond acceptors (Lipinski definition) is 5. The van der Waals surface area contributed by atoms with Gasteiger partial charge in [0.15, 0.2) is 11.3 Å². The van der Waals surface area contributed by atoms with Crippen molar-refractivity contribution in [2.75, 3.05) is 21.3 Å². The maximum atomic E-state index is 12.3. The smallest absolute Gasteiger partial charge is 0.347 e. The maximum Gasteiger partial charge on any atom is 0.347 e. The summed E-state index contributed by atoms with van der Waals surface area (Å²) in [6, 6.07) is 9.03. The second kappa shape index (κ2) is 6.10. The number of aliphatic hydroxyl groups is 1. The van der Waals surface area contributed by atoms with Crippen LogP contribution in [0.1, 0.15) is 10.4 Å². The Morgan fingerprint density at radius 1 is 1.32 bits per heavy atom. The van der Waals surface area contributed by atoms with Gasteiger partial charge in [-0.2, -0.15) is 0 Å². The number of methoxy groups -OCH3 is 2. The third-order valence-corrected chi connectivity index (χ3v) is 4.80. The highest BCUT2D eigenvalue weighted by Gasteiger charge is 2.57. The molecule has 2 atom stereocenters. The predicted octanol–water partition coefficient (Wildman–Crippen LogP) is 1.36. The molecule has 1 aromatic rings. The molecule has 0 aromatic heterocycles. The molecule has 0 saturated carbocycles. The zero-order valence-electron chi connectivity index (χ0n) is 12.4. The van der Waals surface area contributed by atoms with E-state index in [0.29, 0.717) is 0 Å². The highest BCUT2D eigenvalue weighted by Crippen LogP contribution is 2.46. The second-order valence-corrected chi connectivity index (χ2v) is 5.68. The van der Waals surface area contributed by atoms with Crippen molar-refractivity contribution in [3.05, 3.63) is 47.2 Å². The number of alkyl halides is 1. The van der Waals surface area contributed by atoms with Crippen LogP contribution in [0.5, 0.6) is 0 Å². The molecule has 1 unspecified atom stereocenters. The Hall–Kier alpha value is -1.86. The number of halogens is 1. The molecule has 2 rings (SSSR count). The molecule has 0 saturated heterocycles. The molecule has 0 radical (unpaired) electrons. The van der Waals surface area contributed by atoms with Crippen molar-refractivity contribution >= 4 is 27.8 Å². The average Bonchev–Trinajstić information content (AvgIpc) is 2.75. The van der Waals surface area contributed by atoms with Crippen LogP contribution in [0.4, 0.5) is 0 Å². The molecule has 1 amide bonds. The van der Waals surface area contributed by atoms with Crippen molar-refractivity contribution < 1.29 is 24.2 Å². The average molecular weight is 370 g/mol. The third-order valence-electron chi connectivity index (χ3n) is 3.63. The van der Waals surface area contributed by atoms with Gasteiger partial charge in [-0.1, -0.05) is 46.3 Å². The lowest BCUT2D eigenvalue weighted by molar-refractivity contribution is -0.145. The molecule has 1 aliphatic rings. The number of nitrogens with zero attached hydrogens (tertiary/aromatic N) is 1. The largest absolute Gasteiger partial charge is 0.495 e. The topological polar surface area (TPSA) is 76.1 Å². The molecule has 1 aliphatic heterocycles. The lowest BCUT2D eigenvalue weighted by Crippen LogP contribution is -2.49. The molecule has 0 spiro atoms. The Kier molecular flexibility index (Phi) is 4.58. The Morgan fingerprint density at radius 3 is 2.41 bits per heavy atom. The van der Waals surface area contributed by atoms with Crippen LogP contribution >= 0.6 is 15.9 Å². The van der Waals surface area contributed by atoms with Crippen LogP contribution < -0.4 is 0 Å². The number of hydrogen-bond donors (Lipinski definition) is 1. The standard InChI is InChI=1S/C15H16BrNO5/c1-17-13(18)10(14(19)22-3)12(21-2)15(17,20)11(16)9-7-5-4-6-8-9/h4-8,11,20H,1-3H3/t11?,15-/m1/s1. The van der Waals surface area contributed by atoms with Crippen LogP contribution in [-0.2, 0) is 19.1 Å². The van der Waals surface area contributed by atoms with E-state index in [4.69, 9.17) is 4.74 Å². The van der Waals surface area contributed by atoms with Crippen molar-refractivity contribution in [2.24, 2.45) is 0 Å². The van der Waals surface area contributed by atoms with Crippen molar-refractivity contribution in [1.29, 1.82) is 0 Å². The van der Waals surface area contributed by atoms with Gasteiger partial charge >= 0.3 is 5.97 Å². The van der Waals surface area contributed by atoms with E-state index >= 15 is 0 Å². The molecule has 22 heavy (non-hydrogen) atoms. The fourth-order valence-electron chi connectivity index (χ4n) is 2.43. The number of carbonyl (C=O) groups is 2. The summed E-state index contributed by atoms with van der Waals surface area (Å²) in [4.78, 5) is 24.6. The molecule has 118 valence electrons. The molecule has 1 N–H and O–H groups in total. The Balaban J connectivity index is 2.58. The van der Waals surface area contributed by atoms with Crippen molar-refractivity contribution in [1.82, 2.24) is 4.90 Å². The first-order valence-electron chi connectivity index (χ1n) is 6.46. The van der Waals surface area contributed by atoms with Crippen LogP contribution in [-0.4, -0.2) is 48.9 Å². The van der Waals surface area contributed by atoms with E-state index in [0.717, 1.165) is 17.6 Å². The van der Waals surface area contributed by atoms with E-state index in [2.05, 4.69) is 20.7 Å². The Bertz CT molecular complexity index is 630. The number of likely N-dealkylation sites (N-methyl/N-ethyl adjacent to an activating group) is 1. The zero-order valence-corrected chi connectivity index (χ0v) is 14.0. The van der Waals surface area contributed by atoms with Crippen LogP contribution in [0.2, 0.25) is 0 Å². The quantitative estimate of drug-likeness (QED) is 0.492. The monoisotopic (exact) mass is 369 g/mol. The van der Waals surface area contributed by atoms with Crippen molar-refractivity contribution in [3.63, 3.8) is 0 Å². The SMILES string of the molecule is COC(=O)C1=C(OC)[C@](O)(C(Br)c2ccccc2)N(C)C1=O. The lowest BCUT2D eigenvalue weighted by Gasteiger charge is -2.36. The summed E-state index contributed by atoms with van der Waals surface area (Å²) >= 11 is 3.41. The van der Waals surface area contributed by atoms with Crippen LogP contribution in [0.15, 0.2) is 41.7 Å². The van der Waals surface area contributed by atoms with E-state index in [9.17, 15) is 14.7 Å². The van der Waals surface area contributed by atoms with Gasteiger partial charge in [-0.05, 0) is 5.56 Å². The summed E-state index contributed by atoms with van der Waals surface area (Å²) in [6.45, 7) is 0. The summed E-state index contributed by atoms with van der Waals surface area (Å²) in [5.41, 5.74) is -1.42. The first kappa shape index (κ1) is 16.5. The van der Waals surface area contributed by atoms with E-state index in [-0.39, 0.29) is 11.3 Å². The Morgan fingerprint density at radius 2 is 1.91 bits per heavy atom. The summed E-state index contributed by atoms with van der Waals surface area (Å²) in [7, 11) is 3.85. The fraction of sp³-hybridized carbons (Fsp3) is 0.333. The first-order chi connectivity index (χ1) is 10.4. The molecule has 0 bridgehead atoms. The van der Waals surface area contributed by atoms with E-state index in [1.54, 1.807) is 24.3 Å². The minimum absolute atomic E-state index is 0.141. The number of esters is 1. The fourth-order valence-corrected chi connectivity index (χ4v) is 3.25. The summed E-state index contributed by atoms with van der Waals surface area (Å²) < 4.78 is 9.80. The maximum absolute atomic E-state index is 12.3. The molecule has 1 heterocycles. The van der Waals surface area contributed by atoms with Gasteiger partial charge in [-0.3, -0.25) is 4.79 Å². The van der Waals surface area contributed by atoms with Crippen LogP contribution in [0.3, 0.4) is 0 Å². The lowest BCUT2D eigenvalue weighted by atomic mass is 10.00. The number of rotatable bonds is 4. The normalized spacial score (nSPS) is 22.8. The number of benzene rings is 1. The van der Waals surface area contributed by atoms with Crippen molar-refractivity contribution in [2.45, 2.75) is 10.6 Å². The second-order valence-electron chi connectivity index (χ2n) is 4.76. The predicted molar refractivity (Wildman–Crippen MR) is 81.9 cm³/mol. The van der Waals surface area contributed by atoms with E-state index < -0.39 is 22.4 Å². The molecule has 1 aromatic carbocycles. The van der Waals surface area contributed by atoms with E-state index in [1.807, 2.05) is 6.07 Å². The Labute approximate surface area is 136 Å². The van der Waals surface area contributed by atoms with Gasteiger partial charge in [0.2, 0.25) is 5.72 Å². The highest BCUT2D eigenvalue weighted by atomic mass is 79.9. The molecule has 0 aliphatic carbocycles. The van der Waals surface area contributed by atoms with Crippen molar-refractivity contribution in [3.8, 4) is 0 Å². The van der Waals surface area contributed by atoms with E-state index in [1.165, 1.54) is 14.2 Å². The van der Waals surface area contributed by atoms with Gasteiger partial charge < -0.3 is 19.5 Å². The summed E-state index contributed by atoms with van der Waals surface area (Å²) in [5, 5.41) is 11.1. The zero-order chi connectivity index (χ0) is 16.5. The molecule has 7 heteroatoms. The van der Waals surface area contributed by atoms with Gasteiger partial charge in [0, 0.05) is 7.05 Å². The van der Waals surface area contributed by atoms with Crippen LogP contribution in [0, 0.1) is 0 Å². The third kappa shape index (κ3) is 2.30. The van der Waals surface area contributed by atoms with Gasteiger partial charge in [0.05, 0.1) is 19.0 Å². The summed E-state index contributed by atoms with van der Waals surface area (Å²) in [6.07, 6.45) is 0. The molecular weight excluding hydrogens is 354 g/mol. The minimum atomic E-state index is -1.84. The molecule has 6 nitrogen and oxygen atoms in total. The van der Waals surface area contributed by atoms with Crippen LogP contribution in [0.25, 0.3) is 0 Å². The number of amides is 1. The summed E-state index contributed by atoms with van der Waals surface area (Å²) in [5.74, 6) is -1.65. The molecule has 0 fully saturated rings. The first-order valence-corrected chi connectivity index (χ1v) is 7.37. The molecular formula is C15H16BrNO5.